The van der Waals surface area contributed by atoms with Crippen molar-refractivity contribution in [3.05, 3.63) is 35.6 Å². The molecule has 1 heterocycles. The number of nitrogens with zero attached hydrogens (tertiary/aromatic N) is 2. The molecule has 1 saturated heterocycles. The Morgan fingerprint density at radius 3 is 2.82 bits per heavy atom. The summed E-state index contributed by atoms with van der Waals surface area (Å²) in [5.41, 5.74) is 0.936. The van der Waals surface area contributed by atoms with Crippen molar-refractivity contribution in [2.75, 3.05) is 20.1 Å². The molecule has 4 heteroatoms. The Morgan fingerprint density at radius 2 is 2.18 bits per heavy atom. The molecule has 0 aliphatic carbocycles. The van der Waals surface area contributed by atoms with Crippen molar-refractivity contribution in [3.8, 4) is 0 Å². The molecule has 0 unspecified atom stereocenters. The van der Waals surface area contributed by atoms with Crippen molar-refractivity contribution in [3.63, 3.8) is 0 Å². The lowest BCUT2D eigenvalue weighted by molar-refractivity contribution is 0.493. The molecule has 1 aromatic rings. The predicted octanol–water partition coefficient (Wildman–Crippen LogP) is 2.00. The van der Waals surface area contributed by atoms with E-state index in [2.05, 4.69) is 15.2 Å². The standard InChI is InChI=1S/C13H18FN3/c1-15-13(17-7-2-3-8-17)16-10-11-5-4-6-12(14)9-11/h4-6,9H,2-3,7-8,10H2,1H3,(H,15,16). The van der Waals surface area contributed by atoms with Crippen molar-refractivity contribution in [2.45, 2.75) is 19.4 Å². The Bertz CT molecular complexity index is 397. The van der Waals surface area contributed by atoms with E-state index in [9.17, 15) is 4.39 Å². The number of likely N-dealkylation sites (tertiary alicyclic amines) is 1. The van der Waals surface area contributed by atoms with Gasteiger partial charge in [0.2, 0.25) is 0 Å². The van der Waals surface area contributed by atoms with Gasteiger partial charge in [-0.15, -0.1) is 0 Å². The summed E-state index contributed by atoms with van der Waals surface area (Å²) in [6, 6.07) is 6.64. The number of halogens is 1. The van der Waals surface area contributed by atoms with Crippen LogP contribution in [0, 0.1) is 5.82 Å². The predicted molar refractivity (Wildman–Crippen MR) is 67.4 cm³/mol. The Labute approximate surface area is 101 Å². The zero-order valence-corrected chi connectivity index (χ0v) is 10.1. The second-order valence-corrected chi connectivity index (χ2v) is 4.22. The van der Waals surface area contributed by atoms with Crippen LogP contribution in [0.4, 0.5) is 4.39 Å². The third-order valence-electron chi connectivity index (χ3n) is 2.96. The molecule has 1 aliphatic heterocycles. The SMILES string of the molecule is CN=C(NCc1cccc(F)c1)N1CCCC1. The van der Waals surface area contributed by atoms with E-state index in [0.717, 1.165) is 24.6 Å². The molecule has 0 spiro atoms. The average Bonchev–Trinajstić information content (AvgIpc) is 2.84. The molecule has 0 bridgehead atoms. The van der Waals surface area contributed by atoms with Crippen molar-refractivity contribution >= 4 is 5.96 Å². The maximum atomic E-state index is 13.0. The van der Waals surface area contributed by atoms with Gasteiger partial charge in [0, 0.05) is 26.7 Å². The lowest BCUT2D eigenvalue weighted by Gasteiger charge is -2.20. The third kappa shape index (κ3) is 3.19. The summed E-state index contributed by atoms with van der Waals surface area (Å²) in [6.45, 7) is 2.73. The number of aliphatic imine (C=N–C) groups is 1. The van der Waals surface area contributed by atoms with Crippen LogP contribution in [0.15, 0.2) is 29.3 Å². The molecule has 1 fully saturated rings. The largest absolute Gasteiger partial charge is 0.352 e. The molecule has 1 N–H and O–H groups in total. The first kappa shape index (κ1) is 11.9. The van der Waals surface area contributed by atoms with Gasteiger partial charge in [-0.25, -0.2) is 4.39 Å². The number of nitrogens with one attached hydrogen (secondary N) is 1. The zero-order chi connectivity index (χ0) is 12.1. The van der Waals surface area contributed by atoms with Gasteiger partial charge in [0.25, 0.3) is 0 Å². The second kappa shape index (κ2) is 5.66. The molecular formula is C13H18FN3. The summed E-state index contributed by atoms with van der Waals surface area (Å²) < 4.78 is 13.0. The monoisotopic (exact) mass is 235 g/mol. The van der Waals surface area contributed by atoms with Gasteiger partial charge in [0.15, 0.2) is 5.96 Å². The van der Waals surface area contributed by atoms with Crippen molar-refractivity contribution in [1.82, 2.24) is 10.2 Å². The Morgan fingerprint density at radius 1 is 1.41 bits per heavy atom. The van der Waals surface area contributed by atoms with Gasteiger partial charge < -0.3 is 10.2 Å². The molecule has 3 nitrogen and oxygen atoms in total. The molecule has 1 aliphatic rings. The quantitative estimate of drug-likeness (QED) is 0.627. The van der Waals surface area contributed by atoms with Crippen molar-refractivity contribution in [2.24, 2.45) is 4.99 Å². The molecule has 0 saturated carbocycles. The molecule has 92 valence electrons. The minimum atomic E-state index is -0.194. The summed E-state index contributed by atoms with van der Waals surface area (Å²) in [5.74, 6) is 0.715. The minimum Gasteiger partial charge on any atom is -0.352 e. The van der Waals surface area contributed by atoms with E-state index in [1.165, 1.54) is 18.9 Å². The second-order valence-electron chi connectivity index (χ2n) is 4.22. The summed E-state index contributed by atoms with van der Waals surface area (Å²) in [6.07, 6.45) is 2.45. The van der Waals surface area contributed by atoms with Crippen LogP contribution < -0.4 is 5.32 Å². The van der Waals surface area contributed by atoms with E-state index in [0.29, 0.717) is 6.54 Å². The Kier molecular flexibility index (Phi) is 3.96. The highest BCUT2D eigenvalue weighted by Crippen LogP contribution is 2.08. The van der Waals surface area contributed by atoms with Gasteiger partial charge in [-0.2, -0.15) is 0 Å². The number of benzene rings is 1. The summed E-state index contributed by atoms with van der Waals surface area (Å²) in [4.78, 5) is 6.48. The van der Waals surface area contributed by atoms with Crippen LogP contribution in [0.1, 0.15) is 18.4 Å². The Balaban J connectivity index is 1.92. The summed E-state index contributed by atoms with van der Waals surface area (Å²) >= 11 is 0. The zero-order valence-electron chi connectivity index (χ0n) is 10.1. The van der Waals surface area contributed by atoms with Gasteiger partial charge in [0.05, 0.1) is 0 Å². The molecule has 2 rings (SSSR count). The number of guanidine groups is 1. The maximum Gasteiger partial charge on any atom is 0.193 e. The first-order valence-corrected chi connectivity index (χ1v) is 5.99. The fourth-order valence-corrected chi connectivity index (χ4v) is 2.09. The topological polar surface area (TPSA) is 27.6 Å². The average molecular weight is 235 g/mol. The molecule has 0 radical (unpaired) electrons. The van der Waals surface area contributed by atoms with Gasteiger partial charge in [0.1, 0.15) is 5.82 Å². The lowest BCUT2D eigenvalue weighted by Crippen LogP contribution is -2.39. The molecule has 0 atom stereocenters. The van der Waals surface area contributed by atoms with Gasteiger partial charge in [-0.1, -0.05) is 12.1 Å². The van der Waals surface area contributed by atoms with Crippen LogP contribution in [0.2, 0.25) is 0 Å². The fraction of sp³-hybridized carbons (Fsp3) is 0.462. The molecule has 17 heavy (non-hydrogen) atoms. The van der Waals surface area contributed by atoms with E-state index in [1.54, 1.807) is 19.2 Å². The minimum absolute atomic E-state index is 0.194. The number of hydrogen-bond donors (Lipinski definition) is 1. The molecular weight excluding hydrogens is 217 g/mol. The number of hydrogen-bond acceptors (Lipinski definition) is 1. The highest BCUT2D eigenvalue weighted by molar-refractivity contribution is 5.80. The first-order valence-electron chi connectivity index (χ1n) is 5.99. The number of rotatable bonds is 2. The van der Waals surface area contributed by atoms with Gasteiger partial charge in [-0.05, 0) is 30.5 Å². The Hall–Kier alpha value is -1.58. The van der Waals surface area contributed by atoms with Crippen LogP contribution in [0.25, 0.3) is 0 Å². The van der Waals surface area contributed by atoms with Crippen LogP contribution >= 0.6 is 0 Å². The first-order chi connectivity index (χ1) is 8.29. The molecule has 0 aromatic heterocycles. The highest BCUT2D eigenvalue weighted by atomic mass is 19.1. The van der Waals surface area contributed by atoms with E-state index in [1.807, 2.05) is 6.07 Å². The van der Waals surface area contributed by atoms with Gasteiger partial charge >= 0.3 is 0 Å². The van der Waals surface area contributed by atoms with Crippen LogP contribution in [-0.4, -0.2) is 31.0 Å². The summed E-state index contributed by atoms with van der Waals surface area (Å²) in [5, 5.41) is 3.26. The van der Waals surface area contributed by atoms with Crippen LogP contribution in [0.3, 0.4) is 0 Å². The van der Waals surface area contributed by atoms with E-state index in [-0.39, 0.29) is 5.82 Å². The summed E-state index contributed by atoms with van der Waals surface area (Å²) in [7, 11) is 1.78. The van der Waals surface area contributed by atoms with Crippen LogP contribution in [0.5, 0.6) is 0 Å². The van der Waals surface area contributed by atoms with Crippen molar-refractivity contribution < 1.29 is 4.39 Å². The third-order valence-corrected chi connectivity index (χ3v) is 2.96. The van der Waals surface area contributed by atoms with Gasteiger partial charge in [-0.3, -0.25) is 4.99 Å². The smallest absolute Gasteiger partial charge is 0.193 e. The van der Waals surface area contributed by atoms with Crippen LogP contribution in [-0.2, 0) is 6.54 Å². The lowest BCUT2D eigenvalue weighted by atomic mass is 10.2. The fourth-order valence-electron chi connectivity index (χ4n) is 2.09. The van der Waals surface area contributed by atoms with E-state index in [4.69, 9.17) is 0 Å². The highest BCUT2D eigenvalue weighted by Gasteiger charge is 2.15. The normalized spacial score (nSPS) is 16.4. The maximum absolute atomic E-state index is 13.0. The van der Waals surface area contributed by atoms with E-state index < -0.39 is 0 Å². The van der Waals surface area contributed by atoms with Crippen molar-refractivity contribution in [1.29, 1.82) is 0 Å². The molecule has 1 aromatic carbocycles. The van der Waals surface area contributed by atoms with E-state index >= 15 is 0 Å². The molecule has 0 amide bonds.